The van der Waals surface area contributed by atoms with Gasteiger partial charge in [0.2, 0.25) is 10.0 Å². The molecule has 0 bridgehead atoms. The van der Waals surface area contributed by atoms with Gasteiger partial charge in [0, 0.05) is 51.4 Å². The zero-order chi connectivity index (χ0) is 24.3. The fraction of sp³-hybridized carbons (Fsp3) is 0.480. The van der Waals surface area contributed by atoms with Crippen LogP contribution in [-0.2, 0) is 21.3 Å². The van der Waals surface area contributed by atoms with Gasteiger partial charge in [-0.15, -0.1) is 0 Å². The number of halogens is 1. The number of benzene rings is 2. The van der Waals surface area contributed by atoms with Gasteiger partial charge in [0.15, 0.2) is 0 Å². The first-order valence-corrected chi connectivity index (χ1v) is 13.2. The molecule has 2 fully saturated rings. The standard InChI is InChI=1S/C25H32FN3O4S/c1-19-16-27(17-20(2)33-19)18-21-4-6-22(7-5-21)25(30)28-12-3-13-29(15-14-28)34(31,32)24-10-8-23(26)9-11-24/h4-11,19-20H,3,12-18H2,1-2H3. The number of carbonyl (C=O) groups is 1. The third-order valence-electron chi connectivity index (χ3n) is 6.30. The molecule has 1 amide bonds. The number of sulfonamides is 1. The molecule has 2 aromatic carbocycles. The van der Waals surface area contributed by atoms with E-state index >= 15 is 0 Å². The Morgan fingerprint density at radius 1 is 0.941 bits per heavy atom. The van der Waals surface area contributed by atoms with Crippen LogP contribution in [0.1, 0.15) is 36.2 Å². The van der Waals surface area contributed by atoms with Crippen LogP contribution < -0.4 is 0 Å². The molecule has 184 valence electrons. The Balaban J connectivity index is 1.36. The van der Waals surface area contributed by atoms with Crippen molar-refractivity contribution in [2.75, 3.05) is 39.3 Å². The van der Waals surface area contributed by atoms with Gasteiger partial charge < -0.3 is 9.64 Å². The molecule has 34 heavy (non-hydrogen) atoms. The van der Waals surface area contributed by atoms with Crippen LogP contribution >= 0.6 is 0 Å². The average molecular weight is 490 g/mol. The lowest BCUT2D eigenvalue weighted by atomic mass is 10.1. The minimum absolute atomic E-state index is 0.0633. The molecule has 2 aromatic rings. The van der Waals surface area contributed by atoms with Crippen LogP contribution in [0.2, 0.25) is 0 Å². The lowest BCUT2D eigenvalue weighted by molar-refractivity contribution is -0.0704. The molecule has 0 saturated carbocycles. The molecule has 2 atom stereocenters. The van der Waals surface area contributed by atoms with E-state index in [0.717, 1.165) is 37.3 Å². The molecule has 2 heterocycles. The smallest absolute Gasteiger partial charge is 0.253 e. The summed E-state index contributed by atoms with van der Waals surface area (Å²) in [6, 6.07) is 12.5. The fourth-order valence-electron chi connectivity index (χ4n) is 4.70. The van der Waals surface area contributed by atoms with Crippen molar-refractivity contribution in [2.45, 2.75) is 43.9 Å². The molecule has 7 nitrogen and oxygen atoms in total. The summed E-state index contributed by atoms with van der Waals surface area (Å²) in [7, 11) is -3.73. The second-order valence-corrected chi connectivity index (χ2v) is 11.1. The van der Waals surface area contributed by atoms with E-state index in [4.69, 9.17) is 4.74 Å². The molecule has 0 spiro atoms. The van der Waals surface area contributed by atoms with Crippen molar-refractivity contribution in [1.82, 2.24) is 14.1 Å². The Labute approximate surface area is 201 Å². The number of nitrogens with zero attached hydrogens (tertiary/aromatic N) is 3. The predicted octanol–water partition coefficient (Wildman–Crippen LogP) is 2.97. The maximum atomic E-state index is 13.2. The summed E-state index contributed by atoms with van der Waals surface area (Å²) in [5.41, 5.74) is 1.74. The van der Waals surface area contributed by atoms with Crippen LogP contribution in [0.3, 0.4) is 0 Å². The SMILES string of the molecule is CC1CN(Cc2ccc(C(=O)N3CCCN(S(=O)(=O)c4ccc(F)cc4)CC3)cc2)CC(C)O1. The van der Waals surface area contributed by atoms with Crippen LogP contribution in [0.5, 0.6) is 0 Å². The molecule has 0 aromatic heterocycles. The predicted molar refractivity (Wildman–Crippen MR) is 127 cm³/mol. The largest absolute Gasteiger partial charge is 0.373 e. The van der Waals surface area contributed by atoms with Gasteiger partial charge in [-0.3, -0.25) is 9.69 Å². The summed E-state index contributed by atoms with van der Waals surface area (Å²) >= 11 is 0. The normalized spacial score (nSPS) is 23.0. The first-order valence-electron chi connectivity index (χ1n) is 11.7. The highest BCUT2D eigenvalue weighted by molar-refractivity contribution is 7.89. The van der Waals surface area contributed by atoms with Gasteiger partial charge in [0.1, 0.15) is 5.82 Å². The summed E-state index contributed by atoms with van der Waals surface area (Å²) in [5, 5.41) is 0. The topological polar surface area (TPSA) is 70.2 Å². The van der Waals surface area contributed by atoms with E-state index in [-0.39, 0.29) is 29.6 Å². The molecule has 4 rings (SSSR count). The van der Waals surface area contributed by atoms with E-state index in [1.165, 1.54) is 16.4 Å². The number of carbonyl (C=O) groups excluding carboxylic acids is 1. The van der Waals surface area contributed by atoms with E-state index in [1.807, 2.05) is 24.3 Å². The molecule has 0 N–H and O–H groups in total. The van der Waals surface area contributed by atoms with Crippen molar-refractivity contribution in [1.29, 1.82) is 0 Å². The molecular formula is C25H32FN3O4S. The van der Waals surface area contributed by atoms with E-state index in [9.17, 15) is 17.6 Å². The van der Waals surface area contributed by atoms with Gasteiger partial charge in [-0.2, -0.15) is 4.31 Å². The zero-order valence-electron chi connectivity index (χ0n) is 19.7. The lowest BCUT2D eigenvalue weighted by Crippen LogP contribution is -2.44. The number of amides is 1. The Morgan fingerprint density at radius 3 is 2.24 bits per heavy atom. The molecule has 2 aliphatic heterocycles. The third-order valence-corrected chi connectivity index (χ3v) is 8.21. The van der Waals surface area contributed by atoms with Crippen LogP contribution in [0, 0.1) is 5.82 Å². The summed E-state index contributed by atoms with van der Waals surface area (Å²) in [4.78, 5) is 17.2. The molecule has 2 unspecified atom stereocenters. The number of hydrogen-bond acceptors (Lipinski definition) is 5. The van der Waals surface area contributed by atoms with Crippen LogP contribution in [0.4, 0.5) is 4.39 Å². The Morgan fingerprint density at radius 2 is 1.59 bits per heavy atom. The fourth-order valence-corrected chi connectivity index (χ4v) is 6.17. The first kappa shape index (κ1) is 24.8. The number of rotatable bonds is 5. The molecule has 2 aliphatic rings. The van der Waals surface area contributed by atoms with Crippen molar-refractivity contribution in [3.05, 3.63) is 65.5 Å². The highest BCUT2D eigenvalue weighted by atomic mass is 32.2. The summed E-state index contributed by atoms with van der Waals surface area (Å²) in [6.07, 6.45) is 0.954. The summed E-state index contributed by atoms with van der Waals surface area (Å²) in [6.45, 7) is 8.06. The Kier molecular flexibility index (Phi) is 7.67. The molecule has 2 saturated heterocycles. The van der Waals surface area contributed by atoms with Crippen molar-refractivity contribution < 1.29 is 22.3 Å². The van der Waals surface area contributed by atoms with Crippen molar-refractivity contribution >= 4 is 15.9 Å². The highest BCUT2D eigenvalue weighted by Gasteiger charge is 2.29. The summed E-state index contributed by atoms with van der Waals surface area (Å²) < 4.78 is 46.2. The van der Waals surface area contributed by atoms with Crippen LogP contribution in [0.25, 0.3) is 0 Å². The second kappa shape index (κ2) is 10.5. The molecule has 9 heteroatoms. The lowest BCUT2D eigenvalue weighted by Gasteiger charge is -2.35. The van der Waals surface area contributed by atoms with E-state index in [2.05, 4.69) is 18.7 Å². The van der Waals surface area contributed by atoms with Gasteiger partial charge >= 0.3 is 0 Å². The van der Waals surface area contributed by atoms with Gasteiger partial charge in [-0.1, -0.05) is 12.1 Å². The highest BCUT2D eigenvalue weighted by Crippen LogP contribution is 2.20. The monoisotopic (exact) mass is 489 g/mol. The quantitative estimate of drug-likeness (QED) is 0.646. The molecular weight excluding hydrogens is 457 g/mol. The van der Waals surface area contributed by atoms with Crippen LogP contribution in [-0.4, -0.2) is 79.9 Å². The number of hydrogen-bond donors (Lipinski definition) is 0. The first-order chi connectivity index (χ1) is 16.2. The maximum absolute atomic E-state index is 13.2. The maximum Gasteiger partial charge on any atom is 0.253 e. The van der Waals surface area contributed by atoms with Crippen molar-refractivity contribution in [2.24, 2.45) is 0 Å². The second-order valence-electron chi connectivity index (χ2n) is 9.15. The minimum Gasteiger partial charge on any atom is -0.373 e. The van der Waals surface area contributed by atoms with Crippen molar-refractivity contribution in [3.8, 4) is 0 Å². The van der Waals surface area contributed by atoms with Gasteiger partial charge in [0.05, 0.1) is 17.1 Å². The number of ether oxygens (including phenoxy) is 1. The van der Waals surface area contributed by atoms with E-state index in [1.54, 1.807) is 4.90 Å². The van der Waals surface area contributed by atoms with Crippen molar-refractivity contribution in [3.63, 3.8) is 0 Å². The van der Waals surface area contributed by atoms with Crippen LogP contribution in [0.15, 0.2) is 53.4 Å². The Hall–Kier alpha value is -2.33. The minimum atomic E-state index is -3.73. The van der Waals surface area contributed by atoms with Gasteiger partial charge in [-0.25, -0.2) is 12.8 Å². The number of morpholine rings is 1. The Bertz CT molecular complexity index is 1080. The average Bonchev–Trinajstić information content (AvgIpc) is 3.06. The third kappa shape index (κ3) is 5.83. The zero-order valence-corrected chi connectivity index (χ0v) is 20.5. The molecule has 0 radical (unpaired) electrons. The van der Waals surface area contributed by atoms with E-state index in [0.29, 0.717) is 31.6 Å². The molecule has 0 aliphatic carbocycles. The van der Waals surface area contributed by atoms with Gasteiger partial charge in [0.25, 0.3) is 5.91 Å². The van der Waals surface area contributed by atoms with Gasteiger partial charge in [-0.05, 0) is 62.2 Å². The van der Waals surface area contributed by atoms with E-state index < -0.39 is 15.8 Å². The summed E-state index contributed by atoms with van der Waals surface area (Å²) in [5.74, 6) is -0.576.